The second-order valence-electron chi connectivity index (χ2n) is 3.03. The Hall–Kier alpha value is -0.740. The summed E-state index contributed by atoms with van der Waals surface area (Å²) in [6, 6.07) is 2.12. The first-order chi connectivity index (χ1) is 6.32. The van der Waals surface area contributed by atoms with Crippen LogP contribution in [-0.2, 0) is 0 Å². The van der Waals surface area contributed by atoms with Gasteiger partial charge in [0.1, 0.15) is 6.04 Å². The second kappa shape index (κ2) is 3.79. The van der Waals surface area contributed by atoms with E-state index in [-0.39, 0.29) is 5.56 Å². The van der Waals surface area contributed by atoms with E-state index >= 15 is 0 Å². The van der Waals surface area contributed by atoms with Crippen LogP contribution in [0.1, 0.15) is 17.2 Å². The fourth-order valence-electron chi connectivity index (χ4n) is 0.992. The Morgan fingerprint density at radius 2 is 1.93 bits per heavy atom. The molecule has 0 unspecified atom stereocenters. The normalized spacial score (nSPS) is 14.1. The third kappa shape index (κ3) is 2.39. The zero-order valence-corrected chi connectivity index (χ0v) is 8.15. The van der Waals surface area contributed by atoms with Crippen molar-refractivity contribution in [2.24, 2.45) is 5.73 Å². The van der Waals surface area contributed by atoms with Crippen LogP contribution in [0.5, 0.6) is 0 Å². The lowest BCUT2D eigenvalue weighted by Crippen LogP contribution is -2.28. The molecule has 0 aliphatic carbocycles. The highest BCUT2D eigenvalue weighted by molar-refractivity contribution is 6.31. The standard InChI is InChI=1S/C9H9ClF3N/c1-5-2-3-6(4-7(5)10)8(14)9(11,12)13/h2-4,8H,14H2,1H3/t8-/m0/s1. The molecule has 0 aliphatic heterocycles. The van der Waals surface area contributed by atoms with E-state index < -0.39 is 12.2 Å². The lowest BCUT2D eigenvalue weighted by molar-refractivity contribution is -0.149. The first-order valence-corrected chi connectivity index (χ1v) is 4.28. The Kier molecular flexibility index (Phi) is 3.07. The summed E-state index contributed by atoms with van der Waals surface area (Å²) in [5.41, 5.74) is 5.71. The van der Waals surface area contributed by atoms with E-state index in [2.05, 4.69) is 0 Å². The van der Waals surface area contributed by atoms with Gasteiger partial charge in [0, 0.05) is 5.02 Å². The molecule has 5 heteroatoms. The number of hydrogen-bond acceptors (Lipinski definition) is 1. The van der Waals surface area contributed by atoms with Crippen molar-refractivity contribution in [1.29, 1.82) is 0 Å². The Balaban J connectivity index is 3.03. The Labute approximate surface area is 84.7 Å². The zero-order chi connectivity index (χ0) is 10.9. The summed E-state index contributed by atoms with van der Waals surface area (Å²) in [5, 5.41) is 0.294. The second-order valence-corrected chi connectivity index (χ2v) is 3.44. The summed E-state index contributed by atoms with van der Waals surface area (Å²) in [6.07, 6.45) is -4.43. The molecule has 0 spiro atoms. The summed E-state index contributed by atoms with van der Waals surface area (Å²) in [5.74, 6) is 0. The molecule has 1 aromatic carbocycles. The molecule has 1 rings (SSSR count). The maximum Gasteiger partial charge on any atom is 0.407 e. The third-order valence-corrected chi connectivity index (χ3v) is 2.31. The van der Waals surface area contributed by atoms with Crippen LogP contribution in [0.2, 0.25) is 5.02 Å². The molecule has 1 nitrogen and oxygen atoms in total. The van der Waals surface area contributed by atoms with Crippen LogP contribution in [0.4, 0.5) is 13.2 Å². The van der Waals surface area contributed by atoms with Crippen LogP contribution < -0.4 is 5.73 Å². The summed E-state index contributed by atoms with van der Waals surface area (Å²) in [4.78, 5) is 0. The number of rotatable bonds is 1. The molecule has 0 saturated heterocycles. The Morgan fingerprint density at radius 3 is 2.36 bits per heavy atom. The van der Waals surface area contributed by atoms with Gasteiger partial charge in [-0.1, -0.05) is 23.7 Å². The van der Waals surface area contributed by atoms with Crippen LogP contribution in [0.25, 0.3) is 0 Å². The maximum atomic E-state index is 12.2. The fraction of sp³-hybridized carbons (Fsp3) is 0.333. The van der Waals surface area contributed by atoms with Gasteiger partial charge >= 0.3 is 6.18 Å². The summed E-state index contributed by atoms with van der Waals surface area (Å²) >= 11 is 5.69. The van der Waals surface area contributed by atoms with E-state index in [0.29, 0.717) is 5.02 Å². The van der Waals surface area contributed by atoms with Crippen molar-refractivity contribution in [3.8, 4) is 0 Å². The van der Waals surface area contributed by atoms with Gasteiger partial charge in [0.2, 0.25) is 0 Å². The number of halogens is 4. The number of hydrogen-bond donors (Lipinski definition) is 1. The van der Waals surface area contributed by atoms with Crippen molar-refractivity contribution < 1.29 is 13.2 Å². The van der Waals surface area contributed by atoms with Gasteiger partial charge in [0.15, 0.2) is 0 Å². The zero-order valence-electron chi connectivity index (χ0n) is 7.40. The largest absolute Gasteiger partial charge is 0.407 e. The molecule has 2 N–H and O–H groups in total. The van der Waals surface area contributed by atoms with Crippen molar-refractivity contribution in [3.05, 3.63) is 34.3 Å². The van der Waals surface area contributed by atoms with E-state index in [9.17, 15) is 13.2 Å². The topological polar surface area (TPSA) is 26.0 Å². The molecule has 1 atom stereocenters. The molecule has 78 valence electrons. The minimum absolute atomic E-state index is 0.0203. The van der Waals surface area contributed by atoms with Crippen LogP contribution in [0, 0.1) is 6.92 Å². The van der Waals surface area contributed by atoms with Crippen molar-refractivity contribution >= 4 is 11.6 Å². The smallest absolute Gasteiger partial charge is 0.316 e. The van der Waals surface area contributed by atoms with Gasteiger partial charge in [0.25, 0.3) is 0 Å². The predicted molar refractivity (Wildman–Crippen MR) is 49.2 cm³/mol. The number of alkyl halides is 3. The number of benzene rings is 1. The van der Waals surface area contributed by atoms with Gasteiger partial charge in [0.05, 0.1) is 0 Å². The van der Waals surface area contributed by atoms with Crippen molar-refractivity contribution in [2.75, 3.05) is 0 Å². The molecule has 0 fully saturated rings. The van der Waals surface area contributed by atoms with E-state index in [1.807, 2.05) is 0 Å². The molecule has 0 amide bonds. The van der Waals surface area contributed by atoms with Gasteiger partial charge in [-0.2, -0.15) is 13.2 Å². The van der Waals surface area contributed by atoms with E-state index in [0.717, 1.165) is 5.56 Å². The van der Waals surface area contributed by atoms with Gasteiger partial charge in [-0.05, 0) is 24.1 Å². The van der Waals surface area contributed by atoms with Gasteiger partial charge < -0.3 is 5.73 Å². The van der Waals surface area contributed by atoms with Crippen LogP contribution >= 0.6 is 11.6 Å². The minimum Gasteiger partial charge on any atom is -0.316 e. The van der Waals surface area contributed by atoms with Crippen LogP contribution in [0.15, 0.2) is 18.2 Å². The minimum atomic E-state index is -4.43. The molecule has 0 saturated carbocycles. The molecule has 0 bridgehead atoms. The lowest BCUT2D eigenvalue weighted by atomic mass is 10.1. The highest BCUT2D eigenvalue weighted by atomic mass is 35.5. The van der Waals surface area contributed by atoms with Crippen LogP contribution in [0.3, 0.4) is 0 Å². The van der Waals surface area contributed by atoms with Gasteiger partial charge in [-0.25, -0.2) is 0 Å². The molecule has 0 radical (unpaired) electrons. The van der Waals surface area contributed by atoms with Crippen molar-refractivity contribution in [3.63, 3.8) is 0 Å². The van der Waals surface area contributed by atoms with Gasteiger partial charge in [-0.15, -0.1) is 0 Å². The average molecular weight is 224 g/mol. The molecule has 0 heterocycles. The van der Waals surface area contributed by atoms with Crippen LogP contribution in [-0.4, -0.2) is 6.18 Å². The van der Waals surface area contributed by atoms with Crippen molar-refractivity contribution in [2.45, 2.75) is 19.1 Å². The SMILES string of the molecule is Cc1ccc([C@H](N)C(F)(F)F)cc1Cl. The van der Waals surface area contributed by atoms with E-state index in [1.54, 1.807) is 6.92 Å². The van der Waals surface area contributed by atoms with Crippen molar-refractivity contribution in [1.82, 2.24) is 0 Å². The summed E-state index contributed by atoms with van der Waals surface area (Å²) in [6.45, 7) is 1.71. The highest BCUT2D eigenvalue weighted by Crippen LogP contribution is 2.32. The van der Waals surface area contributed by atoms with E-state index in [4.69, 9.17) is 17.3 Å². The number of aryl methyl sites for hydroxylation is 1. The molecule has 14 heavy (non-hydrogen) atoms. The first kappa shape index (κ1) is 11.3. The quantitative estimate of drug-likeness (QED) is 0.777. The van der Waals surface area contributed by atoms with Gasteiger partial charge in [-0.3, -0.25) is 0 Å². The Bertz CT molecular complexity index is 335. The molecule has 0 aliphatic rings. The Morgan fingerprint density at radius 1 is 1.36 bits per heavy atom. The summed E-state index contributed by atoms with van der Waals surface area (Å²) in [7, 11) is 0. The molecule has 0 aromatic heterocycles. The summed E-state index contributed by atoms with van der Waals surface area (Å²) < 4.78 is 36.6. The predicted octanol–water partition coefficient (Wildman–Crippen LogP) is 3.21. The monoisotopic (exact) mass is 223 g/mol. The molecule has 1 aromatic rings. The maximum absolute atomic E-state index is 12.2. The fourth-order valence-corrected chi connectivity index (χ4v) is 1.18. The average Bonchev–Trinajstić information content (AvgIpc) is 2.07. The lowest BCUT2D eigenvalue weighted by Gasteiger charge is -2.16. The first-order valence-electron chi connectivity index (χ1n) is 3.90. The number of nitrogens with two attached hydrogens (primary N) is 1. The highest BCUT2D eigenvalue weighted by Gasteiger charge is 2.37. The molecular weight excluding hydrogens is 215 g/mol. The van der Waals surface area contributed by atoms with E-state index in [1.165, 1.54) is 18.2 Å². The third-order valence-electron chi connectivity index (χ3n) is 1.91. The molecular formula is C9H9ClF3N.